The number of thiophene rings is 1. The molecule has 1 atom stereocenters. The van der Waals surface area contributed by atoms with Crippen LogP contribution in [0.1, 0.15) is 33.8 Å². The molecule has 0 bridgehead atoms. The van der Waals surface area contributed by atoms with Gasteiger partial charge in [-0.1, -0.05) is 25.1 Å². The minimum absolute atomic E-state index is 0.0405. The Morgan fingerprint density at radius 3 is 2.52 bits per heavy atom. The van der Waals surface area contributed by atoms with Crippen molar-refractivity contribution in [3.63, 3.8) is 0 Å². The average Bonchev–Trinajstić information content (AvgIpc) is 2.93. The molecule has 0 amide bonds. The molecule has 0 aliphatic heterocycles. The third kappa shape index (κ3) is 4.08. The fraction of sp³-hybridized carbons (Fsp3) is 0.375. The van der Waals surface area contributed by atoms with E-state index >= 15 is 0 Å². The zero-order chi connectivity index (χ0) is 15.5. The number of nitrogens with one attached hydrogen (secondary N) is 1. The van der Waals surface area contributed by atoms with Crippen LogP contribution in [0, 0.1) is 0 Å². The van der Waals surface area contributed by atoms with E-state index in [-0.39, 0.29) is 6.04 Å². The van der Waals surface area contributed by atoms with Gasteiger partial charge >= 0.3 is 6.18 Å². The Morgan fingerprint density at radius 1 is 1.19 bits per heavy atom. The highest BCUT2D eigenvalue weighted by Crippen LogP contribution is 2.31. The maximum atomic E-state index is 12.7. The Morgan fingerprint density at radius 2 is 1.95 bits per heavy atom. The van der Waals surface area contributed by atoms with Crippen molar-refractivity contribution in [3.8, 4) is 0 Å². The summed E-state index contributed by atoms with van der Waals surface area (Å²) in [4.78, 5) is 2.45. The Kier molecular flexibility index (Phi) is 5.06. The molecule has 0 fully saturated rings. The van der Waals surface area contributed by atoms with Gasteiger partial charge < -0.3 is 5.32 Å². The van der Waals surface area contributed by atoms with Crippen molar-refractivity contribution in [1.29, 1.82) is 0 Å². The van der Waals surface area contributed by atoms with Gasteiger partial charge in [0.1, 0.15) is 0 Å². The lowest BCUT2D eigenvalue weighted by Crippen LogP contribution is -2.18. The first kappa shape index (κ1) is 16.0. The normalized spacial score (nSPS) is 13.4. The summed E-state index contributed by atoms with van der Waals surface area (Å²) >= 11 is 1.71. The third-order valence-corrected chi connectivity index (χ3v) is 4.76. The number of rotatable bonds is 5. The second-order valence-electron chi connectivity index (χ2n) is 4.90. The first-order valence-corrected chi connectivity index (χ1v) is 7.67. The first-order chi connectivity index (χ1) is 9.94. The SMILES string of the molecule is CCc1ccc(C(Cc2cccc(C(F)(F)F)c2)NC)s1. The van der Waals surface area contributed by atoms with Crippen LogP contribution in [0.5, 0.6) is 0 Å². The lowest BCUT2D eigenvalue weighted by atomic mass is 10.0. The number of hydrogen-bond acceptors (Lipinski definition) is 2. The Balaban J connectivity index is 2.18. The summed E-state index contributed by atoms with van der Waals surface area (Å²) in [6.07, 6.45) is -2.77. The molecule has 114 valence electrons. The summed E-state index contributed by atoms with van der Waals surface area (Å²) < 4.78 is 38.2. The van der Waals surface area contributed by atoms with Crippen LogP contribution in [-0.4, -0.2) is 7.05 Å². The molecule has 2 aromatic rings. The van der Waals surface area contributed by atoms with Crippen molar-refractivity contribution < 1.29 is 13.2 Å². The number of hydrogen-bond donors (Lipinski definition) is 1. The topological polar surface area (TPSA) is 12.0 Å². The monoisotopic (exact) mass is 313 g/mol. The van der Waals surface area contributed by atoms with Gasteiger partial charge in [0.2, 0.25) is 0 Å². The number of halogens is 3. The Labute approximate surface area is 126 Å². The predicted octanol–water partition coefficient (Wildman–Crippen LogP) is 4.83. The molecule has 0 saturated heterocycles. The minimum atomic E-state index is -4.29. The zero-order valence-corrected chi connectivity index (χ0v) is 12.8. The molecule has 1 unspecified atom stereocenters. The maximum absolute atomic E-state index is 12.7. The molecular weight excluding hydrogens is 295 g/mol. The zero-order valence-electron chi connectivity index (χ0n) is 12.0. The molecule has 1 aromatic carbocycles. The van der Waals surface area contributed by atoms with Gasteiger partial charge in [-0.05, 0) is 43.7 Å². The van der Waals surface area contributed by atoms with E-state index in [4.69, 9.17) is 0 Å². The molecule has 0 spiro atoms. The number of aryl methyl sites for hydroxylation is 1. The molecule has 1 heterocycles. The van der Waals surface area contributed by atoms with E-state index in [0.717, 1.165) is 17.4 Å². The summed E-state index contributed by atoms with van der Waals surface area (Å²) in [6, 6.07) is 9.73. The second-order valence-corrected chi connectivity index (χ2v) is 6.10. The van der Waals surface area contributed by atoms with Gasteiger partial charge in [-0.15, -0.1) is 11.3 Å². The smallest absolute Gasteiger partial charge is 0.312 e. The molecule has 21 heavy (non-hydrogen) atoms. The van der Waals surface area contributed by atoms with Crippen molar-refractivity contribution in [2.45, 2.75) is 32.0 Å². The molecule has 0 aliphatic rings. The van der Waals surface area contributed by atoms with Crippen molar-refractivity contribution in [2.75, 3.05) is 7.05 Å². The van der Waals surface area contributed by atoms with E-state index in [1.165, 1.54) is 17.0 Å². The van der Waals surface area contributed by atoms with Crippen LogP contribution in [0.3, 0.4) is 0 Å². The molecule has 1 N–H and O–H groups in total. The highest BCUT2D eigenvalue weighted by atomic mass is 32.1. The fourth-order valence-corrected chi connectivity index (χ4v) is 3.29. The summed E-state index contributed by atoms with van der Waals surface area (Å²) in [7, 11) is 1.84. The van der Waals surface area contributed by atoms with E-state index in [0.29, 0.717) is 12.0 Å². The lowest BCUT2D eigenvalue weighted by Gasteiger charge is -2.16. The van der Waals surface area contributed by atoms with Gasteiger partial charge in [0.15, 0.2) is 0 Å². The predicted molar refractivity (Wildman–Crippen MR) is 80.6 cm³/mol. The largest absolute Gasteiger partial charge is 0.416 e. The van der Waals surface area contributed by atoms with Crippen LogP contribution < -0.4 is 5.32 Å². The van der Waals surface area contributed by atoms with Gasteiger partial charge in [0.25, 0.3) is 0 Å². The van der Waals surface area contributed by atoms with Crippen LogP contribution in [0.25, 0.3) is 0 Å². The van der Waals surface area contributed by atoms with E-state index < -0.39 is 11.7 Å². The van der Waals surface area contributed by atoms with Crippen LogP contribution in [-0.2, 0) is 19.0 Å². The number of alkyl halides is 3. The maximum Gasteiger partial charge on any atom is 0.416 e. The van der Waals surface area contributed by atoms with Crippen LogP contribution in [0.4, 0.5) is 13.2 Å². The quantitative estimate of drug-likeness (QED) is 0.833. The standard InChI is InChI=1S/C16H18F3NS/c1-3-13-7-8-15(21-13)14(20-2)10-11-5-4-6-12(9-11)16(17,18)19/h4-9,14,20H,3,10H2,1-2H3. The van der Waals surface area contributed by atoms with Crippen LogP contribution in [0.2, 0.25) is 0 Å². The summed E-state index contributed by atoms with van der Waals surface area (Å²) in [5.41, 5.74) is 0.103. The molecule has 1 nitrogen and oxygen atoms in total. The second kappa shape index (κ2) is 6.62. The highest BCUT2D eigenvalue weighted by molar-refractivity contribution is 7.12. The van der Waals surface area contributed by atoms with Gasteiger partial charge in [-0.25, -0.2) is 0 Å². The lowest BCUT2D eigenvalue weighted by molar-refractivity contribution is -0.137. The van der Waals surface area contributed by atoms with Crippen molar-refractivity contribution >= 4 is 11.3 Å². The van der Waals surface area contributed by atoms with Crippen LogP contribution in [0.15, 0.2) is 36.4 Å². The molecule has 0 radical (unpaired) electrons. The molecule has 2 rings (SSSR count). The van der Waals surface area contributed by atoms with E-state index in [2.05, 4.69) is 24.4 Å². The Bertz CT molecular complexity index is 589. The minimum Gasteiger partial charge on any atom is -0.312 e. The Hall–Kier alpha value is -1.33. The van der Waals surface area contributed by atoms with Crippen molar-refractivity contribution in [1.82, 2.24) is 5.32 Å². The summed E-state index contributed by atoms with van der Waals surface area (Å²) in [5.74, 6) is 0. The van der Waals surface area contributed by atoms with E-state index in [9.17, 15) is 13.2 Å². The van der Waals surface area contributed by atoms with Crippen molar-refractivity contribution in [3.05, 3.63) is 57.3 Å². The van der Waals surface area contributed by atoms with E-state index in [1.54, 1.807) is 17.4 Å². The highest BCUT2D eigenvalue weighted by Gasteiger charge is 2.30. The third-order valence-electron chi connectivity index (χ3n) is 3.42. The molecule has 0 aliphatic carbocycles. The number of likely N-dealkylation sites (N-methyl/N-ethyl adjacent to an activating group) is 1. The van der Waals surface area contributed by atoms with Crippen molar-refractivity contribution in [2.24, 2.45) is 0 Å². The molecular formula is C16H18F3NS. The number of benzene rings is 1. The van der Waals surface area contributed by atoms with E-state index in [1.807, 2.05) is 7.05 Å². The van der Waals surface area contributed by atoms with Gasteiger partial charge in [0, 0.05) is 15.8 Å². The van der Waals surface area contributed by atoms with Gasteiger partial charge in [0.05, 0.1) is 5.56 Å². The summed E-state index contributed by atoms with van der Waals surface area (Å²) in [5, 5.41) is 3.19. The summed E-state index contributed by atoms with van der Waals surface area (Å²) in [6.45, 7) is 2.09. The average molecular weight is 313 g/mol. The molecule has 5 heteroatoms. The molecule has 1 aromatic heterocycles. The van der Waals surface area contributed by atoms with Crippen LogP contribution >= 0.6 is 11.3 Å². The fourth-order valence-electron chi connectivity index (χ4n) is 2.23. The first-order valence-electron chi connectivity index (χ1n) is 6.86. The van der Waals surface area contributed by atoms with Gasteiger partial charge in [-0.3, -0.25) is 0 Å². The van der Waals surface area contributed by atoms with Gasteiger partial charge in [-0.2, -0.15) is 13.2 Å². The molecule has 0 saturated carbocycles.